The predicted octanol–water partition coefficient (Wildman–Crippen LogP) is 5.59. The van der Waals surface area contributed by atoms with Crippen molar-refractivity contribution in [3.05, 3.63) is 70.0 Å². The number of hydrogen-bond acceptors (Lipinski definition) is 4. The van der Waals surface area contributed by atoms with E-state index in [1.807, 2.05) is 26.0 Å². The molecule has 0 amide bonds. The number of aryl methyl sites for hydroxylation is 1. The van der Waals surface area contributed by atoms with Crippen LogP contribution in [-0.4, -0.2) is 12.1 Å². The van der Waals surface area contributed by atoms with E-state index in [0.29, 0.717) is 5.75 Å². The van der Waals surface area contributed by atoms with E-state index < -0.39 is 5.97 Å². The summed E-state index contributed by atoms with van der Waals surface area (Å²) in [6, 6.07) is 12.4. The molecule has 2 aromatic rings. The second-order valence-corrected chi connectivity index (χ2v) is 7.55. The van der Waals surface area contributed by atoms with Crippen molar-refractivity contribution in [2.75, 3.05) is 0 Å². The maximum atomic E-state index is 13.0. The highest BCUT2D eigenvalue weighted by Crippen LogP contribution is 2.28. The number of esters is 1. The van der Waals surface area contributed by atoms with Crippen LogP contribution < -0.4 is 0 Å². The fraction of sp³-hybridized carbons (Fsp3) is 0.273. The molecule has 0 spiro atoms. The molecule has 0 saturated heterocycles. The first-order valence-electron chi connectivity index (χ1n) is 8.61. The van der Waals surface area contributed by atoms with Crippen LogP contribution in [0.1, 0.15) is 36.1 Å². The van der Waals surface area contributed by atoms with E-state index in [1.165, 1.54) is 12.1 Å². The monoisotopic (exact) mass is 383 g/mol. The van der Waals surface area contributed by atoms with Gasteiger partial charge in [-0.2, -0.15) is 5.26 Å². The van der Waals surface area contributed by atoms with Crippen LogP contribution in [0.2, 0.25) is 0 Å². The Balaban J connectivity index is 2.28. The van der Waals surface area contributed by atoms with Gasteiger partial charge in [-0.25, -0.2) is 9.18 Å². The fourth-order valence-electron chi connectivity index (χ4n) is 2.53. The number of carbonyl (C=O) groups excluding carboxylic acids is 1. The van der Waals surface area contributed by atoms with E-state index in [1.54, 1.807) is 43.8 Å². The Morgan fingerprint density at radius 2 is 1.93 bits per heavy atom. The molecule has 0 saturated carbocycles. The molecule has 5 heteroatoms. The van der Waals surface area contributed by atoms with Gasteiger partial charge in [-0.1, -0.05) is 17.7 Å². The minimum Gasteiger partial charge on any atom is -0.459 e. The summed E-state index contributed by atoms with van der Waals surface area (Å²) in [6.45, 7) is 7.43. The average Bonchev–Trinajstić information content (AvgIpc) is 2.61. The lowest BCUT2D eigenvalue weighted by molar-refractivity contribution is -0.142. The molecule has 0 unspecified atom stereocenters. The van der Waals surface area contributed by atoms with Gasteiger partial charge in [-0.3, -0.25) is 0 Å². The molecule has 27 heavy (non-hydrogen) atoms. The van der Waals surface area contributed by atoms with Crippen LogP contribution in [0.3, 0.4) is 0 Å². The zero-order valence-corrected chi connectivity index (χ0v) is 16.7. The summed E-state index contributed by atoms with van der Waals surface area (Å²) in [5.41, 5.74) is 3.94. The van der Waals surface area contributed by atoms with Gasteiger partial charge >= 0.3 is 5.97 Å². The summed E-state index contributed by atoms with van der Waals surface area (Å²) in [4.78, 5) is 13.0. The quantitative estimate of drug-likeness (QED) is 0.282. The molecule has 0 aromatic heterocycles. The van der Waals surface area contributed by atoms with Gasteiger partial charge in [0.2, 0.25) is 0 Å². The molecule has 140 valence electrons. The van der Waals surface area contributed by atoms with Gasteiger partial charge in [0.15, 0.2) is 0 Å². The molecule has 0 aliphatic heterocycles. The first-order valence-corrected chi connectivity index (χ1v) is 9.60. The molecule has 0 bridgehead atoms. The van der Waals surface area contributed by atoms with E-state index in [4.69, 9.17) is 4.74 Å². The number of halogens is 1. The van der Waals surface area contributed by atoms with Crippen molar-refractivity contribution < 1.29 is 13.9 Å². The molecular formula is C22H22FNO2S. The average molecular weight is 383 g/mol. The highest BCUT2D eigenvalue weighted by Gasteiger charge is 2.14. The summed E-state index contributed by atoms with van der Waals surface area (Å²) in [7, 11) is 0. The Kier molecular flexibility index (Phi) is 7.20. The zero-order valence-electron chi connectivity index (χ0n) is 15.9. The third-order valence-electron chi connectivity index (χ3n) is 3.89. The maximum absolute atomic E-state index is 13.0. The van der Waals surface area contributed by atoms with Gasteiger partial charge in [0.1, 0.15) is 17.5 Å². The number of nitrogens with zero attached hydrogens (tertiary/aromatic N) is 1. The first-order chi connectivity index (χ1) is 12.8. The molecule has 0 N–H and O–H groups in total. The molecule has 0 fully saturated rings. The van der Waals surface area contributed by atoms with E-state index in [9.17, 15) is 14.4 Å². The van der Waals surface area contributed by atoms with Crippen LogP contribution in [0.25, 0.3) is 6.08 Å². The largest absolute Gasteiger partial charge is 0.459 e. The number of nitriles is 1. The molecule has 0 aliphatic carbocycles. The van der Waals surface area contributed by atoms with Crippen molar-refractivity contribution >= 4 is 23.8 Å². The highest BCUT2D eigenvalue weighted by atomic mass is 32.2. The summed E-state index contributed by atoms with van der Waals surface area (Å²) in [5.74, 6) is -0.162. The Bertz CT molecular complexity index is 896. The van der Waals surface area contributed by atoms with Crippen molar-refractivity contribution in [2.45, 2.75) is 44.4 Å². The van der Waals surface area contributed by atoms with Crippen molar-refractivity contribution in [1.82, 2.24) is 0 Å². The van der Waals surface area contributed by atoms with Gasteiger partial charge in [-0.15, -0.1) is 11.8 Å². The summed E-state index contributed by atoms with van der Waals surface area (Å²) >= 11 is 1.61. The van der Waals surface area contributed by atoms with Crippen LogP contribution in [-0.2, 0) is 15.3 Å². The lowest BCUT2D eigenvalue weighted by atomic mass is 9.98. The van der Waals surface area contributed by atoms with Crippen molar-refractivity contribution in [1.29, 1.82) is 5.26 Å². The lowest BCUT2D eigenvalue weighted by Crippen LogP contribution is -2.12. The minimum atomic E-state index is -0.615. The number of hydrogen-bond donors (Lipinski definition) is 0. The van der Waals surface area contributed by atoms with Gasteiger partial charge < -0.3 is 4.74 Å². The number of benzene rings is 2. The summed E-state index contributed by atoms with van der Waals surface area (Å²) < 4.78 is 18.2. The second kappa shape index (κ2) is 9.38. The fourth-order valence-corrected chi connectivity index (χ4v) is 3.48. The third-order valence-corrected chi connectivity index (χ3v) is 4.95. The van der Waals surface area contributed by atoms with Crippen LogP contribution in [0.5, 0.6) is 0 Å². The molecule has 0 atom stereocenters. The van der Waals surface area contributed by atoms with E-state index in [2.05, 4.69) is 6.07 Å². The smallest absolute Gasteiger partial charge is 0.349 e. The third kappa shape index (κ3) is 5.97. The topological polar surface area (TPSA) is 50.1 Å². The molecule has 2 aromatic carbocycles. The Labute approximate surface area is 163 Å². The van der Waals surface area contributed by atoms with Crippen LogP contribution >= 0.6 is 11.8 Å². The SMILES string of the molecule is Cc1cc(/C=C(\C#N)C(=O)OC(C)C)c(C)c(CSc2ccc(F)cc2)c1. The predicted molar refractivity (Wildman–Crippen MR) is 107 cm³/mol. The normalized spacial score (nSPS) is 11.4. The standard InChI is InChI=1S/C22H22FNO2S/c1-14(2)26-22(25)18(12-24)11-17-9-15(3)10-19(16(17)4)13-27-21-7-5-20(23)6-8-21/h5-11,14H,13H2,1-4H3/b18-11+. The summed E-state index contributed by atoms with van der Waals surface area (Å²) in [6.07, 6.45) is 1.30. The number of ether oxygens (including phenoxy) is 1. The Morgan fingerprint density at radius 1 is 1.26 bits per heavy atom. The van der Waals surface area contributed by atoms with Gasteiger partial charge in [0.05, 0.1) is 6.10 Å². The van der Waals surface area contributed by atoms with Gasteiger partial charge in [-0.05, 0) is 74.7 Å². The molecule has 0 heterocycles. The Hall–Kier alpha value is -2.58. The van der Waals surface area contributed by atoms with Gasteiger partial charge in [0.25, 0.3) is 0 Å². The van der Waals surface area contributed by atoms with Crippen molar-refractivity contribution in [3.63, 3.8) is 0 Å². The van der Waals surface area contributed by atoms with Crippen LogP contribution in [0.4, 0.5) is 4.39 Å². The molecular weight excluding hydrogens is 361 g/mol. The van der Waals surface area contributed by atoms with E-state index in [0.717, 1.165) is 27.1 Å². The maximum Gasteiger partial charge on any atom is 0.349 e. The molecule has 0 aliphatic rings. The van der Waals surface area contributed by atoms with Gasteiger partial charge in [0, 0.05) is 10.6 Å². The lowest BCUT2D eigenvalue weighted by Gasteiger charge is -2.12. The second-order valence-electron chi connectivity index (χ2n) is 6.50. The Morgan fingerprint density at radius 3 is 2.52 bits per heavy atom. The highest BCUT2D eigenvalue weighted by molar-refractivity contribution is 7.98. The molecule has 3 nitrogen and oxygen atoms in total. The van der Waals surface area contributed by atoms with Crippen LogP contribution in [0.15, 0.2) is 46.9 Å². The van der Waals surface area contributed by atoms with Crippen molar-refractivity contribution in [2.24, 2.45) is 0 Å². The zero-order chi connectivity index (χ0) is 20.0. The molecule has 2 rings (SSSR count). The first kappa shape index (κ1) is 20.7. The van der Waals surface area contributed by atoms with Crippen LogP contribution in [0, 0.1) is 31.0 Å². The summed E-state index contributed by atoms with van der Waals surface area (Å²) in [5, 5.41) is 9.32. The van der Waals surface area contributed by atoms with E-state index in [-0.39, 0.29) is 17.5 Å². The number of carbonyl (C=O) groups is 1. The molecule has 0 radical (unpaired) electrons. The van der Waals surface area contributed by atoms with Crippen molar-refractivity contribution in [3.8, 4) is 6.07 Å². The minimum absolute atomic E-state index is 0.0189. The van der Waals surface area contributed by atoms with E-state index >= 15 is 0 Å². The number of rotatable bonds is 6. The number of thioether (sulfide) groups is 1.